The molecule has 2 aliphatic carbocycles. The Bertz CT molecular complexity index is 549. The van der Waals surface area contributed by atoms with E-state index in [0.29, 0.717) is 0 Å². The van der Waals surface area contributed by atoms with Crippen molar-refractivity contribution in [1.82, 2.24) is 0 Å². The lowest BCUT2D eigenvalue weighted by molar-refractivity contribution is 0.147. The number of halogens is 2. The second-order valence-electron chi connectivity index (χ2n) is 7.55. The highest BCUT2D eigenvalue weighted by Crippen LogP contribution is 2.51. The highest BCUT2D eigenvalue weighted by atomic mass is 19.1. The van der Waals surface area contributed by atoms with Gasteiger partial charge in [0.2, 0.25) is 0 Å². The Labute approximate surface area is 143 Å². The van der Waals surface area contributed by atoms with Crippen LogP contribution in [0.1, 0.15) is 69.8 Å². The number of nitrogens with one attached hydrogen (secondary N) is 1. The third kappa shape index (κ3) is 2.84. The van der Waals surface area contributed by atoms with Crippen molar-refractivity contribution in [2.75, 3.05) is 0 Å². The molecule has 0 atom stereocenters. The minimum Gasteiger partial charge on any atom is -0.387 e. The SMILES string of the molecule is N=C(N)C(c1c(F)cccc1F)(C1CCCCC1)C1CCCCC1. The molecular weight excluding hydrogens is 306 g/mol. The first-order chi connectivity index (χ1) is 11.6. The Morgan fingerprint density at radius 1 is 0.875 bits per heavy atom. The Kier molecular flexibility index (Phi) is 5.21. The lowest BCUT2D eigenvalue weighted by Gasteiger charge is -2.49. The molecule has 3 rings (SSSR count). The summed E-state index contributed by atoms with van der Waals surface area (Å²) in [6, 6.07) is 4.05. The van der Waals surface area contributed by atoms with Crippen molar-refractivity contribution in [3.63, 3.8) is 0 Å². The largest absolute Gasteiger partial charge is 0.387 e. The monoisotopic (exact) mass is 334 g/mol. The zero-order valence-corrected chi connectivity index (χ0v) is 14.3. The van der Waals surface area contributed by atoms with E-state index in [9.17, 15) is 8.78 Å². The van der Waals surface area contributed by atoms with Crippen LogP contribution in [0.4, 0.5) is 8.78 Å². The zero-order valence-electron chi connectivity index (χ0n) is 14.3. The predicted octanol–water partition coefficient (Wildman–Crippen LogP) is 5.30. The number of benzene rings is 1. The first kappa shape index (κ1) is 17.4. The summed E-state index contributed by atoms with van der Waals surface area (Å²) in [5.74, 6) is -0.982. The van der Waals surface area contributed by atoms with Crippen molar-refractivity contribution in [3.8, 4) is 0 Å². The molecule has 132 valence electrons. The van der Waals surface area contributed by atoms with E-state index < -0.39 is 17.0 Å². The van der Waals surface area contributed by atoms with E-state index in [2.05, 4.69) is 0 Å². The molecule has 0 saturated heterocycles. The van der Waals surface area contributed by atoms with Gasteiger partial charge >= 0.3 is 0 Å². The maximum Gasteiger partial charge on any atom is 0.130 e. The number of nitrogens with two attached hydrogens (primary N) is 1. The van der Waals surface area contributed by atoms with E-state index in [4.69, 9.17) is 11.1 Å². The Hall–Kier alpha value is -1.45. The molecule has 4 heteroatoms. The summed E-state index contributed by atoms with van der Waals surface area (Å²) in [5.41, 5.74) is 5.24. The van der Waals surface area contributed by atoms with Crippen molar-refractivity contribution in [3.05, 3.63) is 35.4 Å². The molecule has 0 bridgehead atoms. The molecule has 3 N–H and O–H groups in total. The highest BCUT2D eigenvalue weighted by molar-refractivity contribution is 5.90. The number of hydrogen-bond donors (Lipinski definition) is 2. The molecule has 1 aromatic carbocycles. The van der Waals surface area contributed by atoms with Crippen molar-refractivity contribution < 1.29 is 8.78 Å². The first-order valence-electron chi connectivity index (χ1n) is 9.37. The van der Waals surface area contributed by atoms with Gasteiger partial charge in [0.1, 0.15) is 17.5 Å². The first-order valence-corrected chi connectivity index (χ1v) is 9.37. The van der Waals surface area contributed by atoms with E-state index >= 15 is 0 Å². The standard InChI is InChI=1S/C20H28F2N2/c21-16-12-7-13-17(22)18(16)20(19(23)24,14-8-3-1-4-9-14)15-10-5-2-6-11-15/h7,12-15H,1-6,8-11H2,(H3,23,24). The number of rotatable bonds is 4. The molecule has 0 aromatic heterocycles. The summed E-state index contributed by atoms with van der Waals surface area (Å²) in [4.78, 5) is 0. The van der Waals surface area contributed by atoms with Crippen LogP contribution >= 0.6 is 0 Å². The number of hydrogen-bond acceptors (Lipinski definition) is 1. The second kappa shape index (κ2) is 7.20. The zero-order chi connectivity index (χ0) is 17.2. The van der Waals surface area contributed by atoms with Crippen LogP contribution in [-0.2, 0) is 5.41 Å². The topological polar surface area (TPSA) is 49.9 Å². The maximum absolute atomic E-state index is 14.8. The Morgan fingerprint density at radius 3 is 1.67 bits per heavy atom. The molecule has 2 aliphatic rings. The average molecular weight is 334 g/mol. The summed E-state index contributed by atoms with van der Waals surface area (Å²) >= 11 is 0. The van der Waals surface area contributed by atoms with Crippen molar-refractivity contribution in [2.24, 2.45) is 17.6 Å². The third-order valence-corrected chi connectivity index (χ3v) is 6.32. The van der Waals surface area contributed by atoms with Gasteiger partial charge in [-0.25, -0.2) is 8.78 Å². The fourth-order valence-electron chi connectivity index (χ4n) is 5.32. The van der Waals surface area contributed by atoms with E-state index in [-0.39, 0.29) is 23.2 Å². The molecule has 2 fully saturated rings. The van der Waals surface area contributed by atoms with Crippen LogP contribution in [-0.4, -0.2) is 5.84 Å². The predicted molar refractivity (Wildman–Crippen MR) is 93.1 cm³/mol. The molecule has 2 saturated carbocycles. The molecule has 0 spiro atoms. The molecule has 0 unspecified atom stereocenters. The molecule has 1 aromatic rings. The highest BCUT2D eigenvalue weighted by Gasteiger charge is 2.52. The van der Waals surface area contributed by atoms with Crippen molar-refractivity contribution in [2.45, 2.75) is 69.6 Å². The van der Waals surface area contributed by atoms with E-state index in [1.165, 1.54) is 18.2 Å². The Balaban J connectivity index is 2.19. The molecule has 0 aliphatic heterocycles. The molecule has 2 nitrogen and oxygen atoms in total. The van der Waals surface area contributed by atoms with Gasteiger partial charge in [0.05, 0.1) is 5.41 Å². The summed E-state index contributed by atoms with van der Waals surface area (Å²) in [5, 5.41) is 8.45. The van der Waals surface area contributed by atoms with Gasteiger partial charge in [-0.05, 0) is 49.7 Å². The fraction of sp³-hybridized carbons (Fsp3) is 0.650. The normalized spacial score (nSPS) is 20.9. The van der Waals surface area contributed by atoms with Gasteiger partial charge in [0.25, 0.3) is 0 Å². The van der Waals surface area contributed by atoms with E-state index in [0.717, 1.165) is 64.2 Å². The molecule has 0 heterocycles. The lowest BCUT2D eigenvalue weighted by Crippen LogP contribution is -2.54. The van der Waals surface area contributed by atoms with Gasteiger partial charge in [-0.2, -0.15) is 0 Å². The van der Waals surface area contributed by atoms with Crippen LogP contribution < -0.4 is 5.73 Å². The maximum atomic E-state index is 14.8. The molecular formula is C20H28F2N2. The quantitative estimate of drug-likeness (QED) is 0.570. The average Bonchev–Trinajstić information content (AvgIpc) is 2.59. The summed E-state index contributed by atoms with van der Waals surface area (Å²) in [6.45, 7) is 0. The van der Waals surface area contributed by atoms with Crippen molar-refractivity contribution in [1.29, 1.82) is 5.41 Å². The second-order valence-corrected chi connectivity index (χ2v) is 7.55. The van der Waals surface area contributed by atoms with Crippen LogP contribution in [0, 0.1) is 28.9 Å². The van der Waals surface area contributed by atoms with Crippen molar-refractivity contribution >= 4 is 5.84 Å². The fourth-order valence-corrected chi connectivity index (χ4v) is 5.32. The number of amidine groups is 1. The molecule has 0 amide bonds. The third-order valence-electron chi connectivity index (χ3n) is 6.32. The summed E-state index contributed by atoms with van der Waals surface area (Å²) in [7, 11) is 0. The van der Waals surface area contributed by atoms with E-state index in [1.54, 1.807) is 0 Å². The van der Waals surface area contributed by atoms with Crippen LogP contribution in [0.3, 0.4) is 0 Å². The summed E-state index contributed by atoms with van der Waals surface area (Å²) < 4.78 is 29.6. The van der Waals surface area contributed by atoms with Gasteiger partial charge in [-0.1, -0.05) is 44.6 Å². The smallest absolute Gasteiger partial charge is 0.130 e. The van der Waals surface area contributed by atoms with Crippen LogP contribution in [0.2, 0.25) is 0 Å². The summed E-state index contributed by atoms with van der Waals surface area (Å²) in [6.07, 6.45) is 10.2. The van der Waals surface area contributed by atoms with Crippen LogP contribution in [0.5, 0.6) is 0 Å². The van der Waals surface area contributed by atoms with Gasteiger partial charge in [-0.3, -0.25) is 5.41 Å². The van der Waals surface area contributed by atoms with Crippen LogP contribution in [0.25, 0.3) is 0 Å². The molecule has 24 heavy (non-hydrogen) atoms. The van der Waals surface area contributed by atoms with Gasteiger partial charge < -0.3 is 5.73 Å². The van der Waals surface area contributed by atoms with E-state index in [1.807, 2.05) is 0 Å². The lowest BCUT2D eigenvalue weighted by atomic mass is 9.55. The van der Waals surface area contributed by atoms with Gasteiger partial charge in [0.15, 0.2) is 0 Å². The minimum absolute atomic E-state index is 0.0368. The van der Waals surface area contributed by atoms with Gasteiger partial charge in [-0.15, -0.1) is 0 Å². The Morgan fingerprint density at radius 2 is 1.29 bits per heavy atom. The van der Waals surface area contributed by atoms with Crippen LogP contribution in [0.15, 0.2) is 18.2 Å². The minimum atomic E-state index is -0.976. The van der Waals surface area contributed by atoms with Gasteiger partial charge in [0, 0.05) is 5.56 Å². The molecule has 0 radical (unpaired) electrons.